The molecule has 0 aliphatic carbocycles. The molecule has 0 unspecified atom stereocenters. The number of benzene rings is 1. The number of nitrogens with one attached hydrogen (secondary N) is 2. The van der Waals surface area contributed by atoms with Crippen molar-refractivity contribution >= 4 is 5.91 Å². The molecule has 0 saturated carbocycles. The molecule has 1 heterocycles. The molecule has 104 valence electrons. The normalized spacial score (nSPS) is 14.3. The summed E-state index contributed by atoms with van der Waals surface area (Å²) < 4.78 is 10.1. The quantitative estimate of drug-likeness (QED) is 0.768. The molecule has 0 spiro atoms. The van der Waals surface area contributed by atoms with Crippen molar-refractivity contribution in [2.45, 2.75) is 19.3 Å². The van der Waals surface area contributed by atoms with E-state index in [1.165, 1.54) is 11.1 Å². The molecule has 2 rings (SSSR count). The minimum Gasteiger partial charge on any atom is -0.354 e. The van der Waals surface area contributed by atoms with Crippen LogP contribution in [0.2, 0.25) is 0 Å². The van der Waals surface area contributed by atoms with Crippen LogP contribution < -0.4 is 10.6 Å². The number of hydrogen-bond donors (Lipinski definition) is 2. The molecule has 0 fully saturated rings. The van der Waals surface area contributed by atoms with Crippen LogP contribution in [0.4, 0.5) is 0 Å². The van der Waals surface area contributed by atoms with Crippen LogP contribution in [-0.4, -0.2) is 39.5 Å². The molecular formula is C14H20N2O3. The van der Waals surface area contributed by atoms with E-state index in [2.05, 4.69) is 10.6 Å². The van der Waals surface area contributed by atoms with Crippen LogP contribution in [0, 0.1) is 0 Å². The van der Waals surface area contributed by atoms with Crippen LogP contribution in [0.3, 0.4) is 0 Å². The summed E-state index contributed by atoms with van der Waals surface area (Å²) in [6, 6.07) is 5.86. The lowest BCUT2D eigenvalue weighted by Crippen LogP contribution is -2.34. The zero-order valence-corrected chi connectivity index (χ0v) is 11.4. The molecule has 0 bridgehead atoms. The average molecular weight is 264 g/mol. The fourth-order valence-corrected chi connectivity index (χ4v) is 2.16. The molecule has 0 atom stereocenters. The Bertz CT molecular complexity index is 444. The maximum atomic E-state index is 12.0. The van der Waals surface area contributed by atoms with Crippen molar-refractivity contribution in [3.63, 3.8) is 0 Å². The maximum absolute atomic E-state index is 12.0. The molecule has 1 aliphatic rings. The molecular weight excluding hydrogens is 244 g/mol. The van der Waals surface area contributed by atoms with E-state index in [0.29, 0.717) is 12.1 Å². The molecule has 1 amide bonds. The van der Waals surface area contributed by atoms with Gasteiger partial charge in [-0.15, -0.1) is 0 Å². The van der Waals surface area contributed by atoms with Gasteiger partial charge >= 0.3 is 0 Å². The highest BCUT2D eigenvalue weighted by atomic mass is 16.7. The van der Waals surface area contributed by atoms with E-state index in [4.69, 9.17) is 9.47 Å². The lowest BCUT2D eigenvalue weighted by Gasteiger charge is -2.18. The van der Waals surface area contributed by atoms with Crippen LogP contribution in [0.5, 0.6) is 0 Å². The number of carbonyl (C=O) groups excluding carboxylic acids is 1. The van der Waals surface area contributed by atoms with Gasteiger partial charge in [-0.25, -0.2) is 0 Å². The molecule has 5 heteroatoms. The first kappa shape index (κ1) is 14.0. The van der Waals surface area contributed by atoms with Gasteiger partial charge in [0.1, 0.15) is 0 Å². The van der Waals surface area contributed by atoms with Crippen molar-refractivity contribution < 1.29 is 14.3 Å². The van der Waals surface area contributed by atoms with Gasteiger partial charge in [0, 0.05) is 26.3 Å². The zero-order chi connectivity index (χ0) is 13.7. The lowest BCUT2D eigenvalue weighted by molar-refractivity contribution is -0.0974. The fraction of sp³-hybridized carbons (Fsp3) is 0.500. The van der Waals surface area contributed by atoms with Crippen molar-refractivity contribution in [2.75, 3.05) is 27.3 Å². The highest BCUT2D eigenvalue weighted by Gasteiger charge is 2.13. The van der Waals surface area contributed by atoms with Crippen molar-refractivity contribution in [2.24, 2.45) is 0 Å². The van der Waals surface area contributed by atoms with Crippen LogP contribution in [-0.2, 0) is 22.4 Å². The summed E-state index contributed by atoms with van der Waals surface area (Å²) in [7, 11) is 3.09. The number of rotatable bonds is 5. The zero-order valence-electron chi connectivity index (χ0n) is 11.4. The van der Waals surface area contributed by atoms with Crippen LogP contribution >= 0.6 is 0 Å². The molecule has 19 heavy (non-hydrogen) atoms. The Balaban J connectivity index is 1.99. The van der Waals surface area contributed by atoms with Gasteiger partial charge in [-0.05, 0) is 36.2 Å². The fourth-order valence-electron chi connectivity index (χ4n) is 2.16. The van der Waals surface area contributed by atoms with Gasteiger partial charge in [0.05, 0.1) is 6.54 Å². The smallest absolute Gasteiger partial charge is 0.251 e. The van der Waals surface area contributed by atoms with Crippen molar-refractivity contribution in [3.8, 4) is 0 Å². The summed E-state index contributed by atoms with van der Waals surface area (Å²) in [6.45, 7) is 2.16. The number of methoxy groups -OCH3 is 2. The van der Waals surface area contributed by atoms with E-state index in [9.17, 15) is 4.79 Å². The van der Waals surface area contributed by atoms with Gasteiger partial charge in [0.2, 0.25) is 0 Å². The molecule has 1 aromatic rings. The first-order chi connectivity index (χ1) is 9.24. The van der Waals surface area contributed by atoms with E-state index in [-0.39, 0.29) is 5.91 Å². The van der Waals surface area contributed by atoms with E-state index in [1.807, 2.05) is 18.2 Å². The van der Waals surface area contributed by atoms with Gasteiger partial charge in [0.25, 0.3) is 5.91 Å². The molecule has 1 aliphatic heterocycles. The Morgan fingerprint density at radius 3 is 2.89 bits per heavy atom. The first-order valence-corrected chi connectivity index (χ1v) is 6.41. The van der Waals surface area contributed by atoms with Crippen molar-refractivity contribution in [1.29, 1.82) is 0 Å². The van der Waals surface area contributed by atoms with E-state index >= 15 is 0 Å². The number of carbonyl (C=O) groups is 1. The number of hydrogen-bond acceptors (Lipinski definition) is 4. The summed E-state index contributed by atoms with van der Waals surface area (Å²) in [5.41, 5.74) is 3.20. The van der Waals surface area contributed by atoms with E-state index in [0.717, 1.165) is 19.5 Å². The van der Waals surface area contributed by atoms with Gasteiger partial charge < -0.3 is 20.1 Å². The van der Waals surface area contributed by atoms with Crippen LogP contribution in [0.1, 0.15) is 21.5 Å². The van der Waals surface area contributed by atoms with Crippen LogP contribution in [0.25, 0.3) is 0 Å². The van der Waals surface area contributed by atoms with Gasteiger partial charge in [-0.1, -0.05) is 6.07 Å². The highest BCUT2D eigenvalue weighted by molar-refractivity contribution is 5.94. The second kappa shape index (κ2) is 6.65. The molecule has 2 N–H and O–H groups in total. The first-order valence-electron chi connectivity index (χ1n) is 6.41. The summed E-state index contributed by atoms with van der Waals surface area (Å²) in [4.78, 5) is 12.0. The Kier molecular flexibility index (Phi) is 4.90. The molecule has 0 aromatic heterocycles. The van der Waals surface area contributed by atoms with Gasteiger partial charge in [-0.2, -0.15) is 0 Å². The van der Waals surface area contributed by atoms with E-state index < -0.39 is 6.29 Å². The Morgan fingerprint density at radius 2 is 2.16 bits per heavy atom. The summed E-state index contributed by atoms with van der Waals surface area (Å²) in [6.07, 6.45) is 0.607. The number of ether oxygens (including phenoxy) is 2. The van der Waals surface area contributed by atoms with Crippen molar-refractivity contribution in [3.05, 3.63) is 34.9 Å². The molecule has 5 nitrogen and oxygen atoms in total. The SMILES string of the molecule is COC(CNC(=O)c1ccc2c(c1)CNCC2)OC. The highest BCUT2D eigenvalue weighted by Crippen LogP contribution is 2.15. The number of amides is 1. The van der Waals surface area contributed by atoms with E-state index in [1.54, 1.807) is 14.2 Å². The summed E-state index contributed by atoms with van der Waals surface area (Å²) in [5.74, 6) is -0.104. The van der Waals surface area contributed by atoms with Crippen LogP contribution in [0.15, 0.2) is 18.2 Å². The second-order valence-corrected chi connectivity index (χ2v) is 4.52. The monoisotopic (exact) mass is 264 g/mol. The third kappa shape index (κ3) is 3.53. The predicted octanol–water partition coefficient (Wildman–Crippen LogP) is 0.681. The largest absolute Gasteiger partial charge is 0.354 e. The Labute approximate surface area is 113 Å². The van der Waals surface area contributed by atoms with Gasteiger partial charge in [-0.3, -0.25) is 4.79 Å². The third-order valence-corrected chi connectivity index (χ3v) is 3.31. The minimum absolute atomic E-state index is 0.104. The Morgan fingerprint density at radius 1 is 1.37 bits per heavy atom. The summed E-state index contributed by atoms with van der Waals surface area (Å²) >= 11 is 0. The van der Waals surface area contributed by atoms with Crippen molar-refractivity contribution in [1.82, 2.24) is 10.6 Å². The molecule has 0 radical (unpaired) electrons. The topological polar surface area (TPSA) is 59.6 Å². The molecule has 0 saturated heterocycles. The average Bonchev–Trinajstić information content (AvgIpc) is 2.47. The lowest BCUT2D eigenvalue weighted by atomic mass is 9.98. The third-order valence-electron chi connectivity index (χ3n) is 3.31. The standard InChI is InChI=1S/C14H20N2O3/c1-18-13(19-2)9-16-14(17)11-4-3-10-5-6-15-8-12(10)7-11/h3-4,7,13,15H,5-6,8-9H2,1-2H3,(H,16,17). The summed E-state index contributed by atoms with van der Waals surface area (Å²) in [5, 5.41) is 6.10. The molecule has 1 aromatic carbocycles. The minimum atomic E-state index is -0.414. The predicted molar refractivity (Wildman–Crippen MR) is 72.0 cm³/mol. The Hall–Kier alpha value is -1.43. The van der Waals surface area contributed by atoms with Gasteiger partial charge in [0.15, 0.2) is 6.29 Å². The second-order valence-electron chi connectivity index (χ2n) is 4.52. The number of fused-ring (bicyclic) bond motifs is 1. The maximum Gasteiger partial charge on any atom is 0.251 e.